The lowest BCUT2D eigenvalue weighted by molar-refractivity contribution is -0.167. The second-order valence-corrected chi connectivity index (χ2v) is 9.02. The summed E-state index contributed by atoms with van der Waals surface area (Å²) in [4.78, 5) is 27.7. The summed E-state index contributed by atoms with van der Waals surface area (Å²) in [6.45, 7) is 4.84. The topological polar surface area (TPSA) is 57.6 Å². The summed E-state index contributed by atoms with van der Waals surface area (Å²) in [7, 11) is 0. The first-order valence-electron chi connectivity index (χ1n) is 10.6. The van der Waals surface area contributed by atoms with Crippen molar-refractivity contribution in [2.45, 2.75) is 71.1 Å². The number of carbonyl (C=O) groups excluding carboxylic acids is 2. The van der Waals surface area contributed by atoms with Gasteiger partial charge in [-0.3, -0.25) is 14.5 Å². The van der Waals surface area contributed by atoms with E-state index in [9.17, 15) is 14.7 Å². The standard InChI is InChI=1S/C23H31NO3/c1-3-4-5-12-24-21(26)14-20-19-8-6-15-13-16(25)7-9-17(15)18(19)10-11-23(20,2)22(24)27/h7,9,13,18-20,25H,3-6,8,10-12,14H2,1-2H3/t18?,19?,20?,23-/m0/s1. The molecule has 146 valence electrons. The number of phenols is 1. The van der Waals surface area contributed by atoms with Gasteiger partial charge in [0.2, 0.25) is 11.8 Å². The predicted molar refractivity (Wildman–Crippen MR) is 104 cm³/mol. The Labute approximate surface area is 161 Å². The number of hydrogen-bond acceptors (Lipinski definition) is 3. The third-order valence-electron chi connectivity index (χ3n) is 7.51. The fraction of sp³-hybridized carbons (Fsp3) is 0.652. The number of piperidine rings is 1. The van der Waals surface area contributed by atoms with Crippen molar-refractivity contribution in [3.63, 3.8) is 0 Å². The smallest absolute Gasteiger partial charge is 0.235 e. The van der Waals surface area contributed by atoms with Gasteiger partial charge >= 0.3 is 0 Å². The summed E-state index contributed by atoms with van der Waals surface area (Å²) in [5, 5.41) is 9.81. The van der Waals surface area contributed by atoms with Crippen LogP contribution >= 0.6 is 0 Å². The van der Waals surface area contributed by atoms with Gasteiger partial charge in [0.15, 0.2) is 0 Å². The number of phenolic OH excluding ortho intramolecular Hbond substituents is 1. The normalized spacial score (nSPS) is 32.7. The van der Waals surface area contributed by atoms with Crippen LogP contribution in [0.5, 0.6) is 5.75 Å². The molecule has 0 aromatic heterocycles. The van der Waals surface area contributed by atoms with Crippen LogP contribution in [0.3, 0.4) is 0 Å². The van der Waals surface area contributed by atoms with Gasteiger partial charge in [0.1, 0.15) is 5.75 Å². The molecule has 2 fully saturated rings. The Morgan fingerprint density at radius 2 is 2.04 bits per heavy atom. The van der Waals surface area contributed by atoms with Crippen LogP contribution in [0.4, 0.5) is 0 Å². The zero-order chi connectivity index (χ0) is 19.2. The number of amides is 2. The molecule has 1 heterocycles. The van der Waals surface area contributed by atoms with Crippen LogP contribution in [0.1, 0.15) is 75.8 Å². The minimum absolute atomic E-state index is 0.0377. The van der Waals surface area contributed by atoms with E-state index in [2.05, 4.69) is 19.9 Å². The third-order valence-corrected chi connectivity index (χ3v) is 7.51. The fourth-order valence-corrected chi connectivity index (χ4v) is 6.00. The van der Waals surface area contributed by atoms with Gasteiger partial charge in [0.05, 0.1) is 5.41 Å². The molecule has 4 nitrogen and oxygen atoms in total. The van der Waals surface area contributed by atoms with E-state index in [0.717, 1.165) is 44.9 Å². The Balaban J connectivity index is 1.59. The van der Waals surface area contributed by atoms with Crippen LogP contribution in [0, 0.1) is 17.3 Å². The highest BCUT2D eigenvalue weighted by atomic mass is 16.3. The molecule has 4 rings (SSSR count). The zero-order valence-electron chi connectivity index (χ0n) is 16.5. The van der Waals surface area contributed by atoms with E-state index in [1.165, 1.54) is 11.1 Å². The SMILES string of the molecule is CCCCCN1C(=O)CC2C3CCc4cc(O)ccc4C3CC[C@]2(C)C1=O. The first-order chi connectivity index (χ1) is 13.0. The maximum Gasteiger partial charge on any atom is 0.235 e. The van der Waals surface area contributed by atoms with Crippen LogP contribution in [0.15, 0.2) is 18.2 Å². The number of rotatable bonds is 4. The van der Waals surface area contributed by atoms with E-state index in [1.54, 1.807) is 11.0 Å². The fourth-order valence-electron chi connectivity index (χ4n) is 6.00. The molecule has 1 aromatic carbocycles. The van der Waals surface area contributed by atoms with Crippen LogP contribution in [0.2, 0.25) is 0 Å². The molecule has 3 unspecified atom stereocenters. The lowest BCUT2D eigenvalue weighted by Gasteiger charge is -2.54. The zero-order valence-corrected chi connectivity index (χ0v) is 16.5. The van der Waals surface area contributed by atoms with Crippen molar-refractivity contribution < 1.29 is 14.7 Å². The second-order valence-electron chi connectivity index (χ2n) is 9.02. The number of nitrogens with zero attached hydrogens (tertiary/aromatic N) is 1. The van der Waals surface area contributed by atoms with Gasteiger partial charge in [-0.05, 0) is 73.1 Å². The lowest BCUT2D eigenvalue weighted by atomic mass is 9.52. The number of likely N-dealkylation sites (tertiary alicyclic amines) is 1. The molecule has 0 bridgehead atoms. The maximum absolute atomic E-state index is 13.3. The van der Waals surface area contributed by atoms with Crippen molar-refractivity contribution in [1.82, 2.24) is 4.90 Å². The molecule has 0 radical (unpaired) electrons. The number of fused-ring (bicyclic) bond motifs is 5. The molecule has 0 spiro atoms. The summed E-state index contributed by atoms with van der Waals surface area (Å²) < 4.78 is 0. The Hall–Kier alpha value is -1.84. The van der Waals surface area contributed by atoms with Gasteiger partial charge in [-0.25, -0.2) is 0 Å². The minimum atomic E-state index is -0.393. The molecule has 1 aliphatic heterocycles. The number of aryl methyl sites for hydroxylation is 1. The van der Waals surface area contributed by atoms with Crippen molar-refractivity contribution in [3.8, 4) is 5.75 Å². The third kappa shape index (κ3) is 2.97. The molecule has 1 saturated carbocycles. The van der Waals surface area contributed by atoms with Gasteiger partial charge in [-0.2, -0.15) is 0 Å². The monoisotopic (exact) mass is 369 g/mol. The van der Waals surface area contributed by atoms with E-state index >= 15 is 0 Å². The van der Waals surface area contributed by atoms with E-state index in [4.69, 9.17) is 0 Å². The number of benzene rings is 1. The quantitative estimate of drug-likeness (QED) is 0.632. The van der Waals surface area contributed by atoms with Gasteiger partial charge in [0, 0.05) is 13.0 Å². The number of carbonyl (C=O) groups is 2. The summed E-state index contributed by atoms with van der Waals surface area (Å²) in [5.41, 5.74) is 2.18. The van der Waals surface area contributed by atoms with E-state index in [0.29, 0.717) is 30.6 Å². The molecule has 1 saturated heterocycles. The van der Waals surface area contributed by atoms with Gasteiger partial charge < -0.3 is 5.11 Å². The molecule has 2 amide bonds. The highest BCUT2D eigenvalue weighted by Crippen LogP contribution is 2.58. The molecule has 3 aliphatic rings. The first kappa shape index (κ1) is 18.5. The number of imide groups is 1. The summed E-state index contributed by atoms with van der Waals surface area (Å²) in [6.07, 6.45) is 7.38. The van der Waals surface area contributed by atoms with E-state index in [-0.39, 0.29) is 17.7 Å². The lowest BCUT2D eigenvalue weighted by Crippen LogP contribution is -2.59. The number of unbranched alkanes of at least 4 members (excludes halogenated alkanes) is 2. The second kappa shape index (κ2) is 6.96. The molecular formula is C23H31NO3. The molecule has 4 atom stereocenters. The number of aromatic hydroxyl groups is 1. The van der Waals surface area contributed by atoms with Crippen LogP contribution in [-0.2, 0) is 16.0 Å². The molecule has 27 heavy (non-hydrogen) atoms. The van der Waals surface area contributed by atoms with Crippen molar-refractivity contribution in [2.24, 2.45) is 17.3 Å². The highest BCUT2D eigenvalue weighted by molar-refractivity contribution is 6.01. The molecular weight excluding hydrogens is 338 g/mol. The molecule has 1 N–H and O–H groups in total. The van der Waals surface area contributed by atoms with Crippen molar-refractivity contribution in [1.29, 1.82) is 0 Å². The summed E-state index contributed by atoms with van der Waals surface area (Å²) >= 11 is 0. The average molecular weight is 370 g/mol. The van der Waals surface area contributed by atoms with E-state index in [1.807, 2.05) is 6.07 Å². The van der Waals surface area contributed by atoms with Gasteiger partial charge in [-0.1, -0.05) is 32.8 Å². The van der Waals surface area contributed by atoms with Gasteiger partial charge in [-0.15, -0.1) is 0 Å². The minimum Gasteiger partial charge on any atom is -0.508 e. The van der Waals surface area contributed by atoms with Crippen molar-refractivity contribution >= 4 is 11.8 Å². The van der Waals surface area contributed by atoms with Gasteiger partial charge in [0.25, 0.3) is 0 Å². The molecule has 1 aromatic rings. The van der Waals surface area contributed by atoms with Crippen LogP contribution in [-0.4, -0.2) is 28.4 Å². The largest absolute Gasteiger partial charge is 0.508 e. The summed E-state index contributed by atoms with van der Waals surface area (Å²) in [6, 6.07) is 5.74. The predicted octanol–water partition coefficient (Wildman–Crippen LogP) is 4.40. The average Bonchev–Trinajstić information content (AvgIpc) is 2.65. The Bertz CT molecular complexity index is 758. The maximum atomic E-state index is 13.3. The highest BCUT2D eigenvalue weighted by Gasteiger charge is 2.57. The molecule has 4 heteroatoms. The van der Waals surface area contributed by atoms with Crippen LogP contribution < -0.4 is 0 Å². The van der Waals surface area contributed by atoms with E-state index < -0.39 is 5.41 Å². The first-order valence-corrected chi connectivity index (χ1v) is 10.6. The summed E-state index contributed by atoms with van der Waals surface area (Å²) in [5.74, 6) is 1.41. The van der Waals surface area contributed by atoms with Crippen molar-refractivity contribution in [3.05, 3.63) is 29.3 Å². The number of hydrogen-bond donors (Lipinski definition) is 1. The Kier molecular flexibility index (Phi) is 4.77. The Morgan fingerprint density at radius 3 is 2.81 bits per heavy atom. The Morgan fingerprint density at radius 1 is 1.22 bits per heavy atom. The van der Waals surface area contributed by atoms with Crippen molar-refractivity contribution in [2.75, 3.05) is 6.54 Å². The molecule has 2 aliphatic carbocycles. The van der Waals surface area contributed by atoms with Crippen LogP contribution in [0.25, 0.3) is 0 Å².